The molecule has 0 spiro atoms. The Morgan fingerprint density at radius 3 is 2.43 bits per heavy atom. The molecule has 1 rings (SSSR count). The van der Waals surface area contributed by atoms with Gasteiger partial charge in [0.05, 0.1) is 14.7 Å². The van der Waals surface area contributed by atoms with Crippen molar-refractivity contribution in [3.05, 3.63) is 19.2 Å². The van der Waals surface area contributed by atoms with E-state index in [0.717, 1.165) is 13.1 Å². The van der Waals surface area contributed by atoms with E-state index in [1.54, 1.807) is 20.8 Å². The van der Waals surface area contributed by atoms with Gasteiger partial charge in [-0.1, -0.05) is 0 Å². The first-order chi connectivity index (χ1) is 9.62. The SMILES string of the molecule is COC(=O)C(Cc1cc(Br)sc1Br)NC(=O)OC(C)(C)C. The lowest BCUT2D eigenvalue weighted by Gasteiger charge is -2.22. The molecule has 118 valence electrons. The summed E-state index contributed by atoms with van der Waals surface area (Å²) < 4.78 is 11.7. The van der Waals surface area contributed by atoms with Crippen LogP contribution in [-0.2, 0) is 20.7 Å². The van der Waals surface area contributed by atoms with E-state index in [1.165, 1.54) is 18.4 Å². The van der Waals surface area contributed by atoms with Gasteiger partial charge < -0.3 is 14.8 Å². The van der Waals surface area contributed by atoms with Crippen molar-refractivity contribution in [2.24, 2.45) is 0 Å². The van der Waals surface area contributed by atoms with Gasteiger partial charge in [-0.2, -0.15) is 0 Å². The predicted molar refractivity (Wildman–Crippen MR) is 88.6 cm³/mol. The molecule has 1 unspecified atom stereocenters. The molecule has 0 saturated carbocycles. The minimum atomic E-state index is -0.803. The van der Waals surface area contributed by atoms with E-state index in [1.807, 2.05) is 6.07 Å². The smallest absolute Gasteiger partial charge is 0.408 e. The van der Waals surface area contributed by atoms with Crippen LogP contribution in [0.15, 0.2) is 13.6 Å². The number of carbonyl (C=O) groups is 2. The Balaban J connectivity index is 2.79. The third-order valence-electron chi connectivity index (χ3n) is 2.33. The second-order valence-corrected chi connectivity index (χ2v) is 9.02. The Morgan fingerprint density at radius 1 is 1.38 bits per heavy atom. The van der Waals surface area contributed by atoms with E-state index in [9.17, 15) is 9.59 Å². The van der Waals surface area contributed by atoms with Gasteiger partial charge in [-0.3, -0.25) is 0 Å². The van der Waals surface area contributed by atoms with Crippen LogP contribution in [0.1, 0.15) is 26.3 Å². The zero-order valence-corrected chi connectivity index (χ0v) is 16.1. The molecule has 0 fully saturated rings. The van der Waals surface area contributed by atoms with E-state index >= 15 is 0 Å². The van der Waals surface area contributed by atoms with E-state index in [2.05, 4.69) is 37.2 Å². The van der Waals surface area contributed by atoms with Crippen molar-refractivity contribution in [2.75, 3.05) is 7.11 Å². The first-order valence-electron chi connectivity index (χ1n) is 6.13. The van der Waals surface area contributed by atoms with Crippen molar-refractivity contribution in [3.63, 3.8) is 0 Å². The average molecular weight is 443 g/mol. The van der Waals surface area contributed by atoms with Crippen LogP contribution >= 0.6 is 43.2 Å². The van der Waals surface area contributed by atoms with Crippen LogP contribution in [0, 0.1) is 0 Å². The van der Waals surface area contributed by atoms with Crippen LogP contribution < -0.4 is 5.32 Å². The number of nitrogens with one attached hydrogen (secondary N) is 1. The van der Waals surface area contributed by atoms with Crippen LogP contribution in [0.2, 0.25) is 0 Å². The van der Waals surface area contributed by atoms with E-state index in [0.29, 0.717) is 6.42 Å². The normalized spacial score (nSPS) is 12.7. The van der Waals surface area contributed by atoms with E-state index in [4.69, 9.17) is 9.47 Å². The molecule has 1 heterocycles. The second kappa shape index (κ2) is 7.60. The summed E-state index contributed by atoms with van der Waals surface area (Å²) in [7, 11) is 1.28. The number of esters is 1. The standard InChI is InChI=1S/C13H17Br2NO4S/c1-13(2,3)20-12(18)16-8(11(17)19-4)5-7-6-9(14)21-10(7)15/h6,8H,5H2,1-4H3,(H,16,18). The van der Waals surface area contributed by atoms with Gasteiger partial charge in [-0.15, -0.1) is 11.3 Å². The molecule has 0 aliphatic heterocycles. The Morgan fingerprint density at radius 2 is 2.00 bits per heavy atom. The minimum Gasteiger partial charge on any atom is -0.467 e. The summed E-state index contributed by atoms with van der Waals surface area (Å²) in [4.78, 5) is 23.6. The van der Waals surface area contributed by atoms with Crippen LogP contribution in [-0.4, -0.2) is 30.8 Å². The predicted octanol–water partition coefficient (Wildman–Crippen LogP) is 3.88. The van der Waals surface area contributed by atoms with Crippen LogP contribution in [0.5, 0.6) is 0 Å². The number of halogens is 2. The maximum atomic E-state index is 11.8. The number of alkyl carbamates (subject to hydrolysis) is 1. The number of rotatable bonds is 4. The quantitative estimate of drug-likeness (QED) is 0.718. The lowest BCUT2D eigenvalue weighted by Crippen LogP contribution is -2.45. The Kier molecular flexibility index (Phi) is 6.68. The van der Waals surface area contributed by atoms with Gasteiger partial charge in [0.15, 0.2) is 0 Å². The fraction of sp³-hybridized carbons (Fsp3) is 0.538. The minimum absolute atomic E-state index is 0.314. The Hall–Kier alpha value is -0.600. The zero-order valence-electron chi connectivity index (χ0n) is 12.2. The molecular weight excluding hydrogens is 426 g/mol. The summed E-state index contributed by atoms with van der Waals surface area (Å²) in [6.07, 6.45) is -0.336. The molecule has 0 aliphatic carbocycles. The van der Waals surface area contributed by atoms with E-state index < -0.39 is 23.7 Å². The highest BCUT2D eigenvalue weighted by Gasteiger charge is 2.26. The number of amides is 1. The summed E-state index contributed by atoms with van der Waals surface area (Å²) in [5.74, 6) is -0.518. The first kappa shape index (κ1) is 18.4. The van der Waals surface area contributed by atoms with Crippen LogP contribution in [0.4, 0.5) is 4.79 Å². The highest BCUT2D eigenvalue weighted by atomic mass is 79.9. The fourth-order valence-corrected chi connectivity index (χ4v) is 4.38. The average Bonchev–Trinajstić information content (AvgIpc) is 2.63. The molecule has 1 aromatic rings. The third-order valence-corrected chi connectivity index (χ3v) is 4.79. The van der Waals surface area contributed by atoms with Crippen molar-refractivity contribution < 1.29 is 19.1 Å². The summed E-state index contributed by atoms with van der Waals surface area (Å²) in [5.41, 5.74) is 0.273. The highest BCUT2D eigenvalue weighted by Crippen LogP contribution is 2.32. The molecule has 1 amide bonds. The van der Waals surface area contributed by atoms with Gasteiger partial charge in [0.1, 0.15) is 11.6 Å². The molecule has 0 aliphatic rings. The number of hydrogen-bond acceptors (Lipinski definition) is 5. The molecule has 1 atom stereocenters. The molecule has 5 nitrogen and oxygen atoms in total. The van der Waals surface area contributed by atoms with Crippen molar-refractivity contribution in [2.45, 2.75) is 38.8 Å². The maximum absolute atomic E-state index is 11.8. The number of thiophene rings is 1. The molecule has 0 radical (unpaired) electrons. The van der Waals surface area contributed by atoms with Crippen LogP contribution in [0.3, 0.4) is 0 Å². The molecule has 0 saturated heterocycles. The number of ether oxygens (including phenoxy) is 2. The largest absolute Gasteiger partial charge is 0.467 e. The van der Waals surface area contributed by atoms with Crippen molar-refractivity contribution in [3.8, 4) is 0 Å². The summed E-state index contributed by atoms with van der Waals surface area (Å²) in [5, 5.41) is 2.54. The summed E-state index contributed by atoms with van der Waals surface area (Å²) in [6, 6.07) is 1.09. The Bertz CT molecular complexity index is 525. The van der Waals surface area contributed by atoms with Gasteiger partial charge in [0, 0.05) is 6.42 Å². The van der Waals surface area contributed by atoms with Gasteiger partial charge in [-0.25, -0.2) is 9.59 Å². The maximum Gasteiger partial charge on any atom is 0.408 e. The van der Waals surface area contributed by atoms with Gasteiger partial charge in [-0.05, 0) is 64.3 Å². The molecular formula is C13H17Br2NO4S. The van der Waals surface area contributed by atoms with Gasteiger partial charge >= 0.3 is 12.1 Å². The second-order valence-electron chi connectivity index (χ2n) is 5.28. The lowest BCUT2D eigenvalue weighted by atomic mass is 10.1. The number of methoxy groups -OCH3 is 1. The number of hydrogen-bond donors (Lipinski definition) is 1. The topological polar surface area (TPSA) is 64.6 Å². The van der Waals surface area contributed by atoms with Crippen molar-refractivity contribution >= 4 is 55.3 Å². The third kappa shape index (κ3) is 6.36. The monoisotopic (exact) mass is 441 g/mol. The Labute approximate surface area is 144 Å². The van der Waals surface area contributed by atoms with Crippen LogP contribution in [0.25, 0.3) is 0 Å². The van der Waals surface area contributed by atoms with Crippen molar-refractivity contribution in [1.29, 1.82) is 0 Å². The first-order valence-corrected chi connectivity index (χ1v) is 8.53. The van der Waals surface area contributed by atoms with Crippen molar-refractivity contribution in [1.82, 2.24) is 5.32 Å². The van der Waals surface area contributed by atoms with Gasteiger partial charge in [0.25, 0.3) is 0 Å². The molecule has 0 aromatic carbocycles. The molecule has 21 heavy (non-hydrogen) atoms. The fourth-order valence-electron chi connectivity index (χ4n) is 1.52. The summed E-state index contributed by atoms with van der Waals surface area (Å²) in [6.45, 7) is 5.27. The zero-order chi connectivity index (χ0) is 16.2. The summed E-state index contributed by atoms with van der Waals surface area (Å²) >= 11 is 8.30. The molecule has 1 N–H and O–H groups in total. The molecule has 8 heteroatoms. The molecule has 0 bridgehead atoms. The number of carbonyl (C=O) groups excluding carboxylic acids is 2. The highest BCUT2D eigenvalue weighted by molar-refractivity contribution is 9.12. The van der Waals surface area contributed by atoms with E-state index in [-0.39, 0.29) is 0 Å². The van der Waals surface area contributed by atoms with Gasteiger partial charge in [0.2, 0.25) is 0 Å². The molecule has 1 aromatic heterocycles. The lowest BCUT2D eigenvalue weighted by molar-refractivity contribution is -0.143.